The summed E-state index contributed by atoms with van der Waals surface area (Å²) in [5.41, 5.74) is 1.47. The van der Waals surface area contributed by atoms with Gasteiger partial charge < -0.3 is 15.0 Å². The monoisotopic (exact) mass is 444 g/mol. The van der Waals surface area contributed by atoms with E-state index in [1.54, 1.807) is 23.5 Å². The number of hydrogen-bond donors (Lipinski definition) is 1. The maximum absolute atomic E-state index is 12.3. The zero-order chi connectivity index (χ0) is 20.9. The van der Waals surface area contributed by atoms with Gasteiger partial charge in [-0.1, -0.05) is 41.1 Å². The molecule has 0 saturated carbocycles. The number of thiazole rings is 1. The Morgan fingerprint density at radius 2 is 1.97 bits per heavy atom. The summed E-state index contributed by atoms with van der Waals surface area (Å²) in [5.74, 6) is 0.726. The van der Waals surface area contributed by atoms with Crippen LogP contribution in [-0.4, -0.2) is 61.7 Å². The van der Waals surface area contributed by atoms with Crippen molar-refractivity contribution in [3.8, 4) is 5.75 Å². The molecule has 3 aromatic rings. The molecular weight excluding hydrogens is 420 g/mol. The number of piperazine rings is 1. The van der Waals surface area contributed by atoms with Gasteiger partial charge >= 0.3 is 0 Å². The fraction of sp³-hybridized carbons (Fsp3) is 0.364. The Kier molecular flexibility index (Phi) is 6.72. The summed E-state index contributed by atoms with van der Waals surface area (Å²) in [4.78, 5) is 21.8. The molecule has 0 atom stereocenters. The van der Waals surface area contributed by atoms with Gasteiger partial charge in [-0.15, -0.1) is 0 Å². The highest BCUT2D eigenvalue weighted by Gasteiger charge is 2.21. The van der Waals surface area contributed by atoms with Crippen LogP contribution < -0.4 is 15.0 Å². The molecule has 158 valence electrons. The highest BCUT2D eigenvalue weighted by Crippen LogP contribution is 2.34. The fourth-order valence-electron chi connectivity index (χ4n) is 3.55. The topological polar surface area (TPSA) is 57.7 Å². The molecule has 4 rings (SSSR count). The molecule has 1 fully saturated rings. The molecule has 1 amide bonds. The minimum Gasteiger partial charge on any atom is -0.492 e. The third-order valence-corrected chi connectivity index (χ3v) is 6.56. The van der Waals surface area contributed by atoms with Gasteiger partial charge in [0, 0.05) is 39.3 Å². The van der Waals surface area contributed by atoms with Crippen LogP contribution in [0.3, 0.4) is 0 Å². The highest BCUT2D eigenvalue weighted by molar-refractivity contribution is 7.22. The van der Waals surface area contributed by atoms with Crippen molar-refractivity contribution in [1.82, 2.24) is 15.2 Å². The Hall–Kier alpha value is -2.35. The second-order valence-electron chi connectivity index (χ2n) is 7.10. The summed E-state index contributed by atoms with van der Waals surface area (Å²) >= 11 is 7.80. The molecule has 0 unspecified atom stereocenters. The number of benzene rings is 2. The van der Waals surface area contributed by atoms with E-state index in [4.69, 9.17) is 21.3 Å². The summed E-state index contributed by atoms with van der Waals surface area (Å²) < 4.78 is 6.87. The van der Waals surface area contributed by atoms with E-state index in [0.717, 1.165) is 53.8 Å². The van der Waals surface area contributed by atoms with Gasteiger partial charge in [0.1, 0.15) is 11.3 Å². The van der Waals surface area contributed by atoms with Gasteiger partial charge in [-0.05, 0) is 31.2 Å². The van der Waals surface area contributed by atoms with Gasteiger partial charge in [-0.3, -0.25) is 9.69 Å². The second kappa shape index (κ2) is 9.64. The highest BCUT2D eigenvalue weighted by atomic mass is 35.5. The summed E-state index contributed by atoms with van der Waals surface area (Å²) in [7, 11) is 0. The van der Waals surface area contributed by atoms with Crippen LogP contribution in [0.5, 0.6) is 5.75 Å². The molecule has 1 aromatic heterocycles. The van der Waals surface area contributed by atoms with Crippen molar-refractivity contribution in [2.75, 3.05) is 50.8 Å². The van der Waals surface area contributed by atoms with Crippen molar-refractivity contribution in [2.24, 2.45) is 0 Å². The number of nitrogens with one attached hydrogen (secondary N) is 1. The number of halogens is 1. The Labute approximate surface area is 185 Å². The summed E-state index contributed by atoms with van der Waals surface area (Å²) in [5, 5.41) is 4.49. The Morgan fingerprint density at radius 1 is 1.17 bits per heavy atom. The molecule has 6 nitrogen and oxygen atoms in total. The van der Waals surface area contributed by atoms with E-state index in [1.807, 2.05) is 31.2 Å². The Balaban J connectivity index is 1.28. The predicted molar refractivity (Wildman–Crippen MR) is 123 cm³/mol. The van der Waals surface area contributed by atoms with Crippen molar-refractivity contribution in [1.29, 1.82) is 0 Å². The summed E-state index contributed by atoms with van der Waals surface area (Å²) in [6, 6.07) is 13.2. The molecule has 0 radical (unpaired) electrons. The number of anilines is 1. The van der Waals surface area contributed by atoms with Crippen molar-refractivity contribution < 1.29 is 9.53 Å². The molecule has 1 aliphatic rings. The molecule has 0 aliphatic carbocycles. The lowest BCUT2D eigenvalue weighted by atomic mass is 10.2. The molecule has 1 aliphatic heterocycles. The lowest BCUT2D eigenvalue weighted by Gasteiger charge is -2.34. The van der Waals surface area contributed by atoms with E-state index < -0.39 is 0 Å². The molecule has 2 aromatic carbocycles. The number of fused-ring (bicyclic) bond motifs is 1. The summed E-state index contributed by atoms with van der Waals surface area (Å²) in [6.45, 7) is 7.76. The second-order valence-corrected chi connectivity index (χ2v) is 8.51. The van der Waals surface area contributed by atoms with Crippen LogP contribution in [0.25, 0.3) is 10.2 Å². The molecule has 0 spiro atoms. The number of rotatable bonds is 7. The van der Waals surface area contributed by atoms with E-state index in [1.165, 1.54) is 0 Å². The minimum absolute atomic E-state index is 0.126. The molecule has 1 N–H and O–H groups in total. The molecule has 30 heavy (non-hydrogen) atoms. The molecular formula is C22H25ClN4O2S. The number of para-hydroxylation sites is 1. The quantitative estimate of drug-likeness (QED) is 0.599. The van der Waals surface area contributed by atoms with Crippen LogP contribution in [0.2, 0.25) is 5.02 Å². The van der Waals surface area contributed by atoms with Crippen LogP contribution in [0.4, 0.5) is 5.13 Å². The standard InChI is InChI=1S/C22H25ClN4O2S/c1-2-29-18-8-5-9-19-20(18)25-22(30-19)27-14-12-26(13-15-27)11-10-24-21(28)16-6-3-4-7-17(16)23/h3-9H,2,10-15H2,1H3,(H,24,28). The van der Waals surface area contributed by atoms with Crippen LogP contribution in [-0.2, 0) is 0 Å². The van der Waals surface area contributed by atoms with E-state index in [2.05, 4.69) is 21.2 Å². The average molecular weight is 445 g/mol. The van der Waals surface area contributed by atoms with E-state index in [0.29, 0.717) is 23.7 Å². The first-order chi connectivity index (χ1) is 14.7. The smallest absolute Gasteiger partial charge is 0.252 e. The first kappa shape index (κ1) is 20.9. The lowest BCUT2D eigenvalue weighted by molar-refractivity contribution is 0.0948. The Morgan fingerprint density at radius 3 is 2.73 bits per heavy atom. The van der Waals surface area contributed by atoms with E-state index in [9.17, 15) is 4.79 Å². The third kappa shape index (κ3) is 4.69. The lowest BCUT2D eigenvalue weighted by Crippen LogP contribution is -2.48. The van der Waals surface area contributed by atoms with Crippen LogP contribution >= 0.6 is 22.9 Å². The number of amides is 1. The van der Waals surface area contributed by atoms with Crippen molar-refractivity contribution in [2.45, 2.75) is 6.92 Å². The van der Waals surface area contributed by atoms with Gasteiger partial charge in [0.05, 0.1) is 21.9 Å². The van der Waals surface area contributed by atoms with Gasteiger partial charge in [-0.25, -0.2) is 4.98 Å². The van der Waals surface area contributed by atoms with Crippen molar-refractivity contribution in [3.63, 3.8) is 0 Å². The van der Waals surface area contributed by atoms with Crippen molar-refractivity contribution in [3.05, 3.63) is 53.1 Å². The third-order valence-electron chi connectivity index (χ3n) is 5.15. The van der Waals surface area contributed by atoms with Gasteiger partial charge in [0.15, 0.2) is 5.13 Å². The maximum atomic E-state index is 12.3. The van der Waals surface area contributed by atoms with Crippen LogP contribution in [0.1, 0.15) is 17.3 Å². The molecule has 2 heterocycles. The fourth-order valence-corrected chi connectivity index (χ4v) is 4.81. The number of carbonyl (C=O) groups excluding carboxylic acids is 1. The first-order valence-electron chi connectivity index (χ1n) is 10.2. The number of carbonyl (C=O) groups is 1. The number of hydrogen-bond acceptors (Lipinski definition) is 6. The maximum Gasteiger partial charge on any atom is 0.252 e. The van der Waals surface area contributed by atoms with Crippen LogP contribution in [0.15, 0.2) is 42.5 Å². The molecule has 1 saturated heterocycles. The zero-order valence-corrected chi connectivity index (χ0v) is 18.5. The zero-order valence-electron chi connectivity index (χ0n) is 16.9. The Bertz CT molecular complexity index is 1020. The normalized spacial score (nSPS) is 14.8. The predicted octanol–water partition coefficient (Wildman–Crippen LogP) is 3.90. The van der Waals surface area contributed by atoms with Gasteiger partial charge in [-0.2, -0.15) is 0 Å². The number of aromatic nitrogens is 1. The molecule has 0 bridgehead atoms. The van der Waals surface area contributed by atoms with E-state index in [-0.39, 0.29) is 5.91 Å². The number of nitrogens with zero attached hydrogens (tertiary/aromatic N) is 3. The van der Waals surface area contributed by atoms with Crippen molar-refractivity contribution >= 4 is 44.2 Å². The van der Waals surface area contributed by atoms with Gasteiger partial charge in [0.25, 0.3) is 5.91 Å². The number of ether oxygens (including phenoxy) is 1. The minimum atomic E-state index is -0.126. The largest absolute Gasteiger partial charge is 0.492 e. The van der Waals surface area contributed by atoms with Gasteiger partial charge in [0.2, 0.25) is 0 Å². The van der Waals surface area contributed by atoms with E-state index >= 15 is 0 Å². The summed E-state index contributed by atoms with van der Waals surface area (Å²) in [6.07, 6.45) is 0. The molecule has 8 heteroatoms. The average Bonchev–Trinajstić information content (AvgIpc) is 3.20. The van der Waals surface area contributed by atoms with Crippen LogP contribution in [0, 0.1) is 0 Å². The SMILES string of the molecule is CCOc1cccc2sc(N3CCN(CCNC(=O)c4ccccc4Cl)CC3)nc12. The first-order valence-corrected chi connectivity index (χ1v) is 11.4.